The van der Waals surface area contributed by atoms with Gasteiger partial charge >= 0.3 is 0 Å². The fraction of sp³-hybridized carbons (Fsp3) is 0.150. The minimum absolute atomic E-state index is 0.976. The van der Waals surface area contributed by atoms with Crippen molar-refractivity contribution in [3.63, 3.8) is 0 Å². The molecule has 2 nitrogen and oxygen atoms in total. The summed E-state index contributed by atoms with van der Waals surface area (Å²) < 4.78 is 1.24. The first kappa shape index (κ1) is 15.5. The van der Waals surface area contributed by atoms with E-state index >= 15 is 0 Å². The zero-order valence-electron chi connectivity index (χ0n) is 13.7. The van der Waals surface area contributed by atoms with Crippen LogP contribution in [0.25, 0.3) is 16.3 Å². The lowest BCUT2D eigenvalue weighted by Crippen LogP contribution is -2.16. The smallest absolute Gasteiger partial charge is 0.117 e. The van der Waals surface area contributed by atoms with E-state index in [0.29, 0.717) is 0 Å². The Morgan fingerprint density at radius 1 is 1.12 bits per heavy atom. The van der Waals surface area contributed by atoms with Crippen molar-refractivity contribution < 1.29 is 0 Å². The predicted molar refractivity (Wildman–Crippen MR) is 107 cm³/mol. The highest BCUT2D eigenvalue weighted by Crippen LogP contribution is 2.45. The Morgan fingerprint density at radius 3 is 2.75 bits per heavy atom. The molecule has 0 radical (unpaired) electrons. The number of anilines is 1. The van der Waals surface area contributed by atoms with E-state index in [1.807, 2.05) is 17.8 Å². The third-order valence-corrected chi connectivity index (χ3v) is 6.06. The monoisotopic (exact) mass is 350 g/mol. The minimum atomic E-state index is 0.976. The summed E-state index contributed by atoms with van der Waals surface area (Å²) in [5.74, 6) is 0. The summed E-state index contributed by atoms with van der Waals surface area (Å²) in [6, 6.07) is 16.9. The number of nitrogens with zero attached hydrogens (tertiary/aromatic N) is 2. The number of allylic oxidation sites excluding steroid dienone is 2. The molecule has 0 atom stereocenters. The van der Waals surface area contributed by atoms with Gasteiger partial charge in [-0.25, -0.2) is 4.98 Å². The maximum atomic E-state index is 4.70. The second kappa shape index (κ2) is 6.46. The van der Waals surface area contributed by atoms with Crippen molar-refractivity contribution in [1.82, 2.24) is 4.98 Å². The molecule has 3 aromatic rings. The summed E-state index contributed by atoms with van der Waals surface area (Å²) in [5.41, 5.74) is 3.61. The first-order chi connectivity index (χ1) is 11.7. The van der Waals surface area contributed by atoms with Gasteiger partial charge in [-0.3, -0.25) is 0 Å². The van der Waals surface area contributed by atoms with Gasteiger partial charge in [-0.05, 0) is 55.8 Å². The Morgan fingerprint density at radius 2 is 1.92 bits per heavy atom. The van der Waals surface area contributed by atoms with Gasteiger partial charge < -0.3 is 4.90 Å². The van der Waals surface area contributed by atoms with Crippen LogP contribution >= 0.6 is 23.1 Å². The van der Waals surface area contributed by atoms with Gasteiger partial charge in [0.2, 0.25) is 0 Å². The number of hydrogen-bond acceptors (Lipinski definition) is 4. The number of para-hydroxylation sites is 2. The number of fused-ring (bicyclic) bond motifs is 2. The third kappa shape index (κ3) is 2.87. The van der Waals surface area contributed by atoms with Crippen LogP contribution in [0, 0.1) is 0 Å². The largest absolute Gasteiger partial charge is 0.335 e. The molecule has 0 unspecified atom stereocenters. The summed E-state index contributed by atoms with van der Waals surface area (Å²) in [6.07, 6.45) is 4.44. The molecule has 0 aliphatic carbocycles. The van der Waals surface area contributed by atoms with Crippen molar-refractivity contribution in [2.24, 2.45) is 0 Å². The van der Waals surface area contributed by atoms with E-state index in [-0.39, 0.29) is 0 Å². The van der Waals surface area contributed by atoms with E-state index in [4.69, 9.17) is 4.98 Å². The molecular weight excluding hydrogens is 332 g/mol. The van der Waals surface area contributed by atoms with E-state index in [1.165, 1.54) is 25.9 Å². The van der Waals surface area contributed by atoms with Gasteiger partial charge in [-0.15, -0.1) is 11.3 Å². The first-order valence-corrected chi connectivity index (χ1v) is 9.68. The highest BCUT2D eigenvalue weighted by atomic mass is 32.2. The Bertz CT molecular complexity index is 920. The molecule has 120 valence electrons. The molecule has 0 fully saturated rings. The molecule has 0 amide bonds. The molecule has 4 heteroatoms. The van der Waals surface area contributed by atoms with Crippen LogP contribution in [-0.2, 0) is 0 Å². The van der Waals surface area contributed by atoms with E-state index in [1.54, 1.807) is 11.3 Å². The second-order valence-corrected chi connectivity index (χ2v) is 7.83. The van der Waals surface area contributed by atoms with Crippen LogP contribution in [0.5, 0.6) is 0 Å². The highest BCUT2D eigenvalue weighted by Gasteiger charge is 2.22. The van der Waals surface area contributed by atoms with Crippen molar-refractivity contribution in [2.75, 3.05) is 11.4 Å². The first-order valence-electron chi connectivity index (χ1n) is 8.04. The zero-order chi connectivity index (χ0) is 16.5. The van der Waals surface area contributed by atoms with Crippen LogP contribution in [0.4, 0.5) is 5.69 Å². The average Bonchev–Trinajstić information content (AvgIpc) is 3.14. The van der Waals surface area contributed by atoms with E-state index in [2.05, 4.69) is 73.4 Å². The predicted octanol–water partition coefficient (Wildman–Crippen LogP) is 6.17. The van der Waals surface area contributed by atoms with Crippen LogP contribution in [0.2, 0.25) is 0 Å². The number of thiazole rings is 1. The maximum absolute atomic E-state index is 4.70. The fourth-order valence-corrected chi connectivity index (χ4v) is 5.09. The number of rotatable bonds is 3. The standard InChI is InChI=1S/C20H18N2S2/c1-3-22-16-9-5-7-11-18(16)24-20(22)13-14(2)12-19-21-15-8-4-6-10-17(15)23-19/h4-13H,3H2,1-2H3/b14-12+,20-13-. The number of thioether (sulfide) groups is 1. The molecule has 0 spiro atoms. The van der Waals surface area contributed by atoms with Crippen LogP contribution < -0.4 is 4.90 Å². The molecule has 2 heterocycles. The van der Waals surface area contributed by atoms with Crippen molar-refractivity contribution in [1.29, 1.82) is 0 Å². The van der Waals surface area contributed by atoms with E-state index < -0.39 is 0 Å². The molecule has 1 aromatic heterocycles. The van der Waals surface area contributed by atoms with Gasteiger partial charge in [-0.1, -0.05) is 36.0 Å². The lowest BCUT2D eigenvalue weighted by atomic mass is 10.2. The maximum Gasteiger partial charge on any atom is 0.117 e. The molecule has 0 saturated carbocycles. The van der Waals surface area contributed by atoms with E-state index in [9.17, 15) is 0 Å². The van der Waals surface area contributed by atoms with Crippen LogP contribution in [0.1, 0.15) is 18.9 Å². The average molecular weight is 351 g/mol. The molecule has 0 saturated heterocycles. The van der Waals surface area contributed by atoms with Crippen LogP contribution in [0.3, 0.4) is 0 Å². The Hall–Kier alpha value is -2.04. The van der Waals surface area contributed by atoms with Crippen molar-refractivity contribution in [2.45, 2.75) is 18.7 Å². The third-order valence-electron chi connectivity index (χ3n) is 3.97. The number of benzene rings is 2. The molecule has 1 aliphatic heterocycles. The quantitative estimate of drug-likeness (QED) is 0.561. The molecule has 2 aromatic carbocycles. The molecule has 24 heavy (non-hydrogen) atoms. The Balaban J connectivity index is 1.65. The van der Waals surface area contributed by atoms with Gasteiger partial charge in [-0.2, -0.15) is 0 Å². The normalized spacial score (nSPS) is 16.2. The second-order valence-electron chi connectivity index (χ2n) is 5.70. The number of hydrogen-bond donors (Lipinski definition) is 0. The fourth-order valence-electron chi connectivity index (χ4n) is 2.87. The van der Waals surface area contributed by atoms with Crippen molar-refractivity contribution in [3.05, 3.63) is 70.2 Å². The van der Waals surface area contributed by atoms with Gasteiger partial charge in [0.15, 0.2) is 0 Å². The Kier molecular flexibility index (Phi) is 4.17. The summed E-state index contributed by atoms with van der Waals surface area (Å²) >= 11 is 3.58. The summed E-state index contributed by atoms with van der Waals surface area (Å²) in [7, 11) is 0. The molecule has 1 aliphatic rings. The van der Waals surface area contributed by atoms with Gasteiger partial charge in [0.1, 0.15) is 5.01 Å². The van der Waals surface area contributed by atoms with Gasteiger partial charge in [0, 0.05) is 11.4 Å². The molecule has 0 N–H and O–H groups in total. The highest BCUT2D eigenvalue weighted by molar-refractivity contribution is 8.03. The van der Waals surface area contributed by atoms with E-state index in [0.717, 1.165) is 17.1 Å². The SMILES string of the molecule is CCN1/C(=C/C(C)=C/c2nc3ccccc3s2)Sc2ccccc21. The Labute approximate surface area is 150 Å². The summed E-state index contributed by atoms with van der Waals surface area (Å²) in [5, 5.41) is 2.35. The van der Waals surface area contributed by atoms with Gasteiger partial charge in [0.25, 0.3) is 0 Å². The van der Waals surface area contributed by atoms with Crippen LogP contribution in [0.15, 0.2) is 70.1 Å². The lowest BCUT2D eigenvalue weighted by molar-refractivity contribution is 1.00. The summed E-state index contributed by atoms with van der Waals surface area (Å²) in [6.45, 7) is 5.32. The number of aromatic nitrogens is 1. The van der Waals surface area contributed by atoms with Gasteiger partial charge in [0.05, 0.1) is 20.9 Å². The molecule has 4 rings (SSSR count). The topological polar surface area (TPSA) is 16.1 Å². The van der Waals surface area contributed by atoms with Crippen LogP contribution in [-0.4, -0.2) is 11.5 Å². The zero-order valence-corrected chi connectivity index (χ0v) is 15.3. The lowest BCUT2D eigenvalue weighted by Gasteiger charge is -2.17. The molecular formula is C20H18N2S2. The summed E-state index contributed by atoms with van der Waals surface area (Å²) in [4.78, 5) is 8.40. The minimum Gasteiger partial charge on any atom is -0.335 e. The van der Waals surface area contributed by atoms with Crippen molar-refractivity contribution >= 4 is 45.1 Å². The van der Waals surface area contributed by atoms with Crippen molar-refractivity contribution in [3.8, 4) is 0 Å². The molecule has 0 bridgehead atoms.